The first-order chi connectivity index (χ1) is 17.6. The zero-order valence-electron chi connectivity index (χ0n) is 23.5. The Morgan fingerprint density at radius 1 is 0.595 bits per heavy atom. The van der Waals surface area contributed by atoms with Gasteiger partial charge in [0.15, 0.2) is 16.6 Å². The minimum atomic E-state index is -1.51. The van der Waals surface area contributed by atoms with Crippen LogP contribution in [-0.2, 0) is 18.3 Å². The van der Waals surface area contributed by atoms with Gasteiger partial charge in [-0.1, -0.05) is 60.6 Å². The lowest BCUT2D eigenvalue weighted by atomic mass is 10.0. The van der Waals surface area contributed by atoms with E-state index in [1.807, 2.05) is 0 Å². The molecule has 0 radical (unpaired) electrons. The van der Waals surface area contributed by atoms with E-state index in [0.717, 1.165) is 11.5 Å². The molecule has 2 aromatic carbocycles. The average Bonchev–Trinajstić information content (AvgIpc) is 3.37. The maximum atomic E-state index is 6.20. The van der Waals surface area contributed by atoms with Gasteiger partial charge in [-0.15, -0.1) is 0 Å². The third-order valence-corrected chi connectivity index (χ3v) is 10.9. The lowest BCUT2D eigenvalue weighted by Crippen LogP contribution is -2.27. The summed E-state index contributed by atoms with van der Waals surface area (Å²) >= 11 is 0. The summed E-state index contributed by atoms with van der Waals surface area (Å²) in [5.74, 6) is 3.00. The molecule has 4 rings (SSSR count). The predicted molar refractivity (Wildman–Crippen MR) is 163 cm³/mol. The highest BCUT2D eigenvalue weighted by molar-refractivity contribution is 6.70. The molecular formula is C30H44O4Si3. The molecule has 2 atom stereocenters. The third kappa shape index (κ3) is 8.04. The summed E-state index contributed by atoms with van der Waals surface area (Å²) in [4.78, 5) is 0. The van der Waals surface area contributed by atoms with Crippen LogP contribution in [0.1, 0.15) is 34.1 Å². The summed E-state index contributed by atoms with van der Waals surface area (Å²) in [7, 11) is -3.31. The van der Waals surface area contributed by atoms with Gasteiger partial charge >= 0.3 is 0 Å². The number of hydrogen-bond acceptors (Lipinski definition) is 4. The number of allylic oxidation sites excluding steroid dienone is 2. The fourth-order valence-electron chi connectivity index (χ4n) is 5.10. The van der Waals surface area contributed by atoms with Crippen molar-refractivity contribution >= 4 is 37.7 Å². The second kappa shape index (κ2) is 12.3. The van der Waals surface area contributed by atoms with Crippen molar-refractivity contribution < 1.29 is 18.3 Å². The largest absolute Gasteiger partial charge is 0.491 e. The summed E-state index contributed by atoms with van der Waals surface area (Å²) in [5.41, 5.74) is 5.36. The number of ether oxygens (including phenoxy) is 2. The fourth-order valence-corrected chi connectivity index (χ4v) is 8.56. The quantitative estimate of drug-likeness (QED) is 0.187. The molecule has 0 saturated heterocycles. The van der Waals surface area contributed by atoms with Gasteiger partial charge in [0.05, 0.1) is 13.2 Å². The molecule has 0 aliphatic heterocycles. The SMILES string of the molecule is C[Si](C)(C)OCCOC1=CC(C[SiH2]CC2C=C(OCCO[Si](C)(C)C)c3ccccc32)c2ccccc21. The normalized spacial score (nSPS) is 19.1. The molecule has 2 aromatic rings. The first kappa shape index (κ1) is 28.1. The van der Waals surface area contributed by atoms with Gasteiger partial charge < -0.3 is 18.3 Å². The van der Waals surface area contributed by atoms with E-state index in [9.17, 15) is 0 Å². The van der Waals surface area contributed by atoms with Crippen LogP contribution in [0.25, 0.3) is 11.5 Å². The maximum absolute atomic E-state index is 6.20. The van der Waals surface area contributed by atoms with Crippen molar-refractivity contribution in [1.29, 1.82) is 0 Å². The van der Waals surface area contributed by atoms with Crippen molar-refractivity contribution in [2.24, 2.45) is 0 Å². The Bertz CT molecular complexity index is 1030. The van der Waals surface area contributed by atoms with Crippen molar-refractivity contribution in [3.8, 4) is 0 Å². The Hall–Kier alpha value is -1.91. The predicted octanol–water partition coefficient (Wildman–Crippen LogP) is 7.00. The van der Waals surface area contributed by atoms with E-state index in [1.54, 1.807) is 0 Å². The van der Waals surface area contributed by atoms with Gasteiger partial charge in [0, 0.05) is 32.5 Å². The van der Waals surface area contributed by atoms with E-state index in [-0.39, 0.29) is 9.52 Å². The van der Waals surface area contributed by atoms with E-state index >= 15 is 0 Å². The monoisotopic (exact) mass is 552 g/mol. The summed E-state index contributed by atoms with van der Waals surface area (Å²) in [6, 6.07) is 20.0. The molecule has 2 aliphatic carbocycles. The zero-order valence-corrected chi connectivity index (χ0v) is 26.9. The molecule has 0 fully saturated rings. The van der Waals surface area contributed by atoms with E-state index in [2.05, 4.69) is 100.0 Å². The summed E-state index contributed by atoms with van der Waals surface area (Å²) in [6.45, 7) is 15.9. The fraction of sp³-hybridized carbons (Fsp3) is 0.467. The molecule has 200 valence electrons. The van der Waals surface area contributed by atoms with Crippen LogP contribution < -0.4 is 0 Å². The van der Waals surface area contributed by atoms with Gasteiger partial charge in [0.1, 0.15) is 24.7 Å². The maximum Gasteiger partial charge on any atom is 0.183 e. The van der Waals surface area contributed by atoms with Crippen molar-refractivity contribution in [2.45, 2.75) is 63.2 Å². The lowest BCUT2D eigenvalue weighted by molar-refractivity contribution is 0.191. The highest BCUT2D eigenvalue weighted by atomic mass is 28.4. The molecule has 0 N–H and O–H groups in total. The van der Waals surface area contributed by atoms with Crippen LogP contribution in [0, 0.1) is 0 Å². The van der Waals surface area contributed by atoms with Crippen molar-refractivity contribution in [3.63, 3.8) is 0 Å². The summed E-state index contributed by atoms with van der Waals surface area (Å²) in [5, 5.41) is 0. The van der Waals surface area contributed by atoms with Gasteiger partial charge in [-0.05, 0) is 62.6 Å². The van der Waals surface area contributed by atoms with Gasteiger partial charge in [0.25, 0.3) is 0 Å². The van der Waals surface area contributed by atoms with Gasteiger partial charge in [-0.3, -0.25) is 0 Å². The van der Waals surface area contributed by atoms with Crippen LogP contribution >= 0.6 is 0 Å². The third-order valence-electron chi connectivity index (χ3n) is 6.74. The molecule has 4 nitrogen and oxygen atoms in total. The smallest absolute Gasteiger partial charge is 0.183 e. The Morgan fingerprint density at radius 3 is 1.41 bits per heavy atom. The van der Waals surface area contributed by atoms with Crippen LogP contribution in [0.3, 0.4) is 0 Å². The Morgan fingerprint density at radius 2 is 1.00 bits per heavy atom. The summed E-state index contributed by atoms with van der Waals surface area (Å²) < 4.78 is 24.4. The molecule has 2 aliphatic rings. The van der Waals surface area contributed by atoms with Gasteiger partial charge in [-0.25, -0.2) is 0 Å². The van der Waals surface area contributed by atoms with Crippen molar-refractivity contribution in [2.75, 3.05) is 26.4 Å². The van der Waals surface area contributed by atoms with E-state index in [0.29, 0.717) is 38.3 Å². The zero-order chi connectivity index (χ0) is 26.5. The van der Waals surface area contributed by atoms with Gasteiger partial charge in [0.2, 0.25) is 0 Å². The van der Waals surface area contributed by atoms with Crippen molar-refractivity contribution in [1.82, 2.24) is 0 Å². The van der Waals surface area contributed by atoms with Crippen LogP contribution in [0.15, 0.2) is 60.7 Å². The minimum absolute atomic E-state index is 0.295. The number of benzene rings is 2. The minimum Gasteiger partial charge on any atom is -0.491 e. The molecule has 0 amide bonds. The molecule has 2 unspecified atom stereocenters. The van der Waals surface area contributed by atoms with E-state index in [4.69, 9.17) is 18.3 Å². The molecule has 7 heteroatoms. The molecule has 0 saturated carbocycles. The van der Waals surface area contributed by atoms with Crippen LogP contribution in [0.2, 0.25) is 51.4 Å². The first-order valence-corrected chi connectivity index (χ1v) is 22.6. The summed E-state index contributed by atoms with van der Waals surface area (Å²) in [6.07, 6.45) is 4.72. The lowest BCUT2D eigenvalue weighted by Gasteiger charge is -2.17. The second-order valence-corrected chi connectivity index (χ2v) is 22.9. The number of hydrogen-bond donors (Lipinski definition) is 0. The first-order valence-electron chi connectivity index (χ1n) is 13.8. The Labute approximate surface area is 228 Å². The number of fused-ring (bicyclic) bond motifs is 2. The van der Waals surface area contributed by atoms with E-state index < -0.39 is 16.6 Å². The highest BCUT2D eigenvalue weighted by Gasteiger charge is 2.27. The second-order valence-electron chi connectivity index (χ2n) is 12.0. The highest BCUT2D eigenvalue weighted by Crippen LogP contribution is 2.41. The number of rotatable bonds is 14. The topological polar surface area (TPSA) is 36.9 Å². The van der Waals surface area contributed by atoms with Crippen LogP contribution in [0.4, 0.5) is 0 Å². The standard InChI is InChI=1S/C30H44O4Si3/c1-36(2,3)33-17-15-31-29-19-23(25-11-7-9-13-27(25)29)21-35-22-24-20-30(28-14-10-8-12-26(24)28)32-16-18-34-37(4,5)6/h7-14,19-20,23-24H,15-18,21-22,35H2,1-6H3. The Balaban J connectivity index is 1.33. The molecule has 0 spiro atoms. The van der Waals surface area contributed by atoms with Crippen molar-refractivity contribution in [3.05, 3.63) is 82.9 Å². The molecule has 37 heavy (non-hydrogen) atoms. The van der Waals surface area contributed by atoms with Crippen LogP contribution in [0.5, 0.6) is 0 Å². The van der Waals surface area contributed by atoms with Crippen LogP contribution in [-0.4, -0.2) is 52.6 Å². The molecule has 0 aromatic heterocycles. The molecular weight excluding hydrogens is 509 g/mol. The Kier molecular flexibility index (Phi) is 9.34. The van der Waals surface area contributed by atoms with E-state index in [1.165, 1.54) is 34.3 Å². The van der Waals surface area contributed by atoms with Gasteiger partial charge in [-0.2, -0.15) is 0 Å². The molecule has 0 heterocycles. The average molecular weight is 553 g/mol. The molecule has 0 bridgehead atoms.